The molecule has 0 aliphatic rings. The molecule has 0 aromatic rings. The van der Waals surface area contributed by atoms with E-state index in [1.165, 1.54) is 27.7 Å². The van der Waals surface area contributed by atoms with E-state index in [2.05, 4.69) is 18.1 Å². The Balaban J connectivity index is -0.0000000962. The van der Waals surface area contributed by atoms with Gasteiger partial charge in [0, 0.05) is 0 Å². The maximum absolute atomic E-state index is 11.5. The van der Waals surface area contributed by atoms with Crippen molar-refractivity contribution in [3.63, 3.8) is 0 Å². The molecule has 37 heavy (non-hydrogen) atoms. The van der Waals surface area contributed by atoms with E-state index in [0.29, 0.717) is 0 Å². The Morgan fingerprint density at radius 2 is 0.757 bits per heavy atom. The molecule has 0 rings (SSSR count). The van der Waals surface area contributed by atoms with E-state index in [4.69, 9.17) is 49.1 Å². The average Bonchev–Trinajstić information content (AvgIpc) is 2.66. The zero-order valence-electron chi connectivity index (χ0n) is 21.2. The zero-order chi connectivity index (χ0) is 30.1. The minimum absolute atomic E-state index is 0. The molecule has 0 spiro atoms. The molecule has 0 aliphatic heterocycles. The summed E-state index contributed by atoms with van der Waals surface area (Å²) in [6.07, 6.45) is -0.557. The van der Waals surface area contributed by atoms with Crippen molar-refractivity contribution in [2.24, 2.45) is 0 Å². The van der Waals surface area contributed by atoms with Crippen molar-refractivity contribution in [1.82, 2.24) is 0 Å². The molecular formula is C12H31F2LiO18P4. The smallest absolute Gasteiger partial charge is 1.00 e. The Morgan fingerprint density at radius 1 is 0.622 bits per heavy atom. The SMILES string of the molecule is CCOP(=O)(OCC)C(O)(O)C=O.CCOP(=O)(OCC)C(O)(O)C=O.O=P(O)(O)F.O=P(O)(O)F.[H-].[Li+]. The van der Waals surface area contributed by atoms with Crippen LogP contribution in [-0.2, 0) is 45.9 Å². The van der Waals surface area contributed by atoms with Gasteiger partial charge < -0.3 is 39.9 Å². The second-order valence-corrected chi connectivity index (χ2v) is 11.5. The molecule has 0 aromatic heterocycles. The average molecular weight is 632 g/mol. The topological polar surface area (TPSA) is 301 Å². The summed E-state index contributed by atoms with van der Waals surface area (Å²) >= 11 is 0. The van der Waals surface area contributed by atoms with Gasteiger partial charge in [-0.15, -0.1) is 8.39 Å². The van der Waals surface area contributed by atoms with E-state index in [1.54, 1.807) is 0 Å². The van der Waals surface area contributed by atoms with Gasteiger partial charge in [0.1, 0.15) is 0 Å². The molecule has 0 fully saturated rings. The third-order valence-electron chi connectivity index (χ3n) is 2.32. The van der Waals surface area contributed by atoms with Gasteiger partial charge in [-0.1, -0.05) is 0 Å². The summed E-state index contributed by atoms with van der Waals surface area (Å²) in [5, 5.41) is 35.9. The molecule has 0 bridgehead atoms. The van der Waals surface area contributed by atoms with Crippen LogP contribution in [0.1, 0.15) is 29.1 Å². The maximum atomic E-state index is 11.5. The zero-order valence-corrected chi connectivity index (χ0v) is 23.8. The van der Waals surface area contributed by atoms with Crippen LogP contribution in [0.4, 0.5) is 8.39 Å². The number of carbonyl (C=O) groups is 2. The van der Waals surface area contributed by atoms with Gasteiger partial charge >= 0.3 is 60.9 Å². The molecule has 0 radical (unpaired) electrons. The van der Waals surface area contributed by atoms with Crippen LogP contribution >= 0.6 is 31.0 Å². The van der Waals surface area contributed by atoms with Crippen LogP contribution in [0.15, 0.2) is 0 Å². The normalized spacial score (nSPS) is 12.3. The van der Waals surface area contributed by atoms with Gasteiger partial charge in [0.15, 0.2) is 12.6 Å². The third kappa shape index (κ3) is 26.2. The predicted octanol–water partition coefficient (Wildman–Crippen LogP) is -2.61. The summed E-state index contributed by atoms with van der Waals surface area (Å²) < 4.78 is 79.1. The summed E-state index contributed by atoms with van der Waals surface area (Å²) in [5.74, 6) is 0. The summed E-state index contributed by atoms with van der Waals surface area (Å²) in [6.45, 7) is 5.78. The fraction of sp³-hybridized carbons (Fsp3) is 0.833. The Labute approximate surface area is 223 Å². The first-order chi connectivity index (χ1) is 15.9. The number of hydrogen-bond acceptors (Lipinski definition) is 14. The Bertz CT molecular complexity index is 719. The second-order valence-electron chi connectivity index (χ2n) is 5.22. The molecule has 0 saturated carbocycles. The van der Waals surface area contributed by atoms with Crippen molar-refractivity contribution >= 4 is 43.6 Å². The second kappa shape index (κ2) is 21.0. The van der Waals surface area contributed by atoms with E-state index in [9.17, 15) is 27.1 Å². The number of carbonyl (C=O) groups excluding carboxylic acids is 2. The third-order valence-corrected chi connectivity index (χ3v) is 6.53. The van der Waals surface area contributed by atoms with E-state index in [-0.39, 0.29) is 59.3 Å². The fourth-order valence-electron chi connectivity index (χ4n) is 1.26. The molecule has 0 aliphatic carbocycles. The van der Waals surface area contributed by atoms with Gasteiger partial charge in [0.25, 0.3) is 0 Å². The van der Waals surface area contributed by atoms with Gasteiger partial charge in [0.05, 0.1) is 26.4 Å². The van der Waals surface area contributed by atoms with Crippen LogP contribution in [0.3, 0.4) is 0 Å². The first-order valence-electron chi connectivity index (χ1n) is 8.97. The van der Waals surface area contributed by atoms with Crippen LogP contribution in [0.2, 0.25) is 0 Å². The van der Waals surface area contributed by atoms with Gasteiger partial charge in [-0.25, -0.2) is 9.13 Å². The first kappa shape index (κ1) is 47.1. The minimum Gasteiger partial charge on any atom is -1.00 e. The van der Waals surface area contributed by atoms with Crippen molar-refractivity contribution in [2.45, 2.75) is 38.8 Å². The van der Waals surface area contributed by atoms with Crippen LogP contribution in [0.25, 0.3) is 0 Å². The molecule has 0 unspecified atom stereocenters. The summed E-state index contributed by atoms with van der Waals surface area (Å²) in [4.78, 5) is 48.2. The van der Waals surface area contributed by atoms with Crippen molar-refractivity contribution < 1.29 is 115 Å². The molecule has 0 aromatic carbocycles. The molecular weight excluding hydrogens is 601 g/mol. The monoisotopic (exact) mass is 632 g/mol. The number of aldehydes is 2. The number of rotatable bonds is 12. The molecule has 25 heteroatoms. The van der Waals surface area contributed by atoms with E-state index in [1.807, 2.05) is 0 Å². The minimum atomic E-state index is -5.14. The predicted molar refractivity (Wildman–Crippen MR) is 116 cm³/mol. The van der Waals surface area contributed by atoms with E-state index < -0.39 is 42.1 Å². The van der Waals surface area contributed by atoms with Crippen molar-refractivity contribution in [1.29, 1.82) is 0 Å². The van der Waals surface area contributed by atoms with Crippen LogP contribution in [0.5, 0.6) is 0 Å². The number of hydrogen-bond donors (Lipinski definition) is 8. The van der Waals surface area contributed by atoms with Crippen LogP contribution in [-0.4, -0.2) is 90.1 Å². The molecule has 222 valence electrons. The number of aliphatic hydroxyl groups is 4. The Hall–Kier alpha value is 0.237. The van der Waals surface area contributed by atoms with Gasteiger partial charge in [-0.2, -0.15) is 0 Å². The van der Waals surface area contributed by atoms with Gasteiger partial charge in [0.2, 0.25) is 0 Å². The Morgan fingerprint density at radius 3 is 0.838 bits per heavy atom. The maximum Gasteiger partial charge on any atom is 1.00 e. The quantitative estimate of drug-likeness (QED) is 0.0473. The molecule has 0 heterocycles. The number of halogens is 2. The standard InChI is InChI=1S/2C6H13O6P.2FH2O3P.Li.H/c2*1-3-11-13(10,12-4-2)6(8,9)5-7;2*1-5(2,3)4;;/h2*5,8-9H,3-4H2,1-2H3;2*(H2,2,3,4);;/q;;;;+1;-1. The van der Waals surface area contributed by atoms with Gasteiger partial charge in [-0.05, 0) is 27.7 Å². The van der Waals surface area contributed by atoms with Gasteiger partial charge in [-0.3, -0.25) is 38.3 Å². The molecule has 18 nitrogen and oxygen atoms in total. The largest absolute Gasteiger partial charge is 1.00 e. The van der Waals surface area contributed by atoms with E-state index >= 15 is 0 Å². The van der Waals surface area contributed by atoms with E-state index in [0.717, 1.165) is 0 Å². The van der Waals surface area contributed by atoms with Crippen molar-refractivity contribution in [3.05, 3.63) is 0 Å². The summed E-state index contributed by atoms with van der Waals surface area (Å²) in [5.41, 5.74) is -6.14. The molecule has 0 amide bonds. The Kier molecular flexibility index (Phi) is 26.8. The molecule has 0 atom stereocenters. The molecule has 8 N–H and O–H groups in total. The molecule has 0 saturated heterocycles. The summed E-state index contributed by atoms with van der Waals surface area (Å²) in [6, 6.07) is 0. The summed E-state index contributed by atoms with van der Waals surface area (Å²) in [7, 11) is -18.6. The van der Waals surface area contributed by atoms with Crippen molar-refractivity contribution in [2.75, 3.05) is 26.4 Å². The first-order valence-corrected chi connectivity index (χ1v) is 15.1. The van der Waals surface area contributed by atoms with Crippen LogP contribution < -0.4 is 18.9 Å². The van der Waals surface area contributed by atoms with Crippen LogP contribution in [0, 0.1) is 0 Å². The van der Waals surface area contributed by atoms with Crippen molar-refractivity contribution in [3.8, 4) is 0 Å². The fourth-order valence-corrected chi connectivity index (χ4v) is 3.79.